The van der Waals surface area contributed by atoms with Crippen molar-refractivity contribution in [1.82, 2.24) is 16.0 Å². The van der Waals surface area contributed by atoms with Crippen LogP contribution in [0.15, 0.2) is 24.3 Å². The van der Waals surface area contributed by atoms with Crippen molar-refractivity contribution in [3.05, 3.63) is 29.8 Å². The topological polar surface area (TPSA) is 191 Å². The number of aromatic hydroxyl groups is 1. The number of carbonyl (C=O) groups excluding carboxylic acids is 3. The summed E-state index contributed by atoms with van der Waals surface area (Å²) in [5, 5.41) is 35.7. The summed E-state index contributed by atoms with van der Waals surface area (Å²) in [5.41, 5.74) is 6.55. The molecule has 0 aromatic heterocycles. The van der Waals surface area contributed by atoms with Crippen LogP contribution in [0, 0.1) is 11.8 Å². The molecule has 4 atom stereocenters. The molecule has 0 saturated heterocycles. The zero-order valence-electron chi connectivity index (χ0n) is 19.9. The number of hydrogen-bond acceptors (Lipinski definition) is 7. The first-order chi connectivity index (χ1) is 15.8. The van der Waals surface area contributed by atoms with E-state index >= 15 is 0 Å². The van der Waals surface area contributed by atoms with Crippen molar-refractivity contribution in [3.63, 3.8) is 0 Å². The molecule has 0 saturated carbocycles. The number of aliphatic carboxylic acids is 1. The Morgan fingerprint density at radius 2 is 1.41 bits per heavy atom. The molecule has 1 aromatic carbocycles. The first-order valence-corrected chi connectivity index (χ1v) is 11.1. The van der Waals surface area contributed by atoms with E-state index in [2.05, 4.69) is 16.0 Å². The molecule has 0 heterocycles. The number of phenols is 1. The fraction of sp³-hybridized carbons (Fsp3) is 0.565. The van der Waals surface area contributed by atoms with Crippen LogP contribution in [0.25, 0.3) is 0 Å². The fourth-order valence-electron chi connectivity index (χ4n) is 3.20. The third-order valence-electron chi connectivity index (χ3n) is 5.12. The SMILES string of the molecule is CC(C)CC(N)C(=O)NC(Cc1ccc(O)cc1)C(=O)NC(CO)C(=O)NC(C(=O)O)C(C)C. The lowest BCUT2D eigenvalue weighted by Crippen LogP contribution is -2.59. The van der Waals surface area contributed by atoms with E-state index in [1.165, 1.54) is 12.1 Å². The van der Waals surface area contributed by atoms with Gasteiger partial charge in [0, 0.05) is 6.42 Å². The van der Waals surface area contributed by atoms with E-state index in [1.54, 1.807) is 26.0 Å². The molecule has 0 aliphatic heterocycles. The summed E-state index contributed by atoms with van der Waals surface area (Å²) in [6.45, 7) is 6.23. The number of aliphatic hydroxyl groups is 1. The average Bonchev–Trinajstić information content (AvgIpc) is 2.75. The average molecular weight is 481 g/mol. The van der Waals surface area contributed by atoms with Crippen LogP contribution in [0.5, 0.6) is 5.75 Å². The maximum Gasteiger partial charge on any atom is 0.326 e. The Hall–Kier alpha value is -3.18. The molecule has 0 aliphatic carbocycles. The minimum atomic E-state index is -1.43. The predicted octanol–water partition coefficient (Wildman–Crippen LogP) is -0.505. The third kappa shape index (κ3) is 9.36. The van der Waals surface area contributed by atoms with Crippen molar-refractivity contribution in [2.75, 3.05) is 6.61 Å². The number of nitrogens with two attached hydrogens (primary N) is 1. The van der Waals surface area contributed by atoms with Gasteiger partial charge in [0.15, 0.2) is 0 Å². The van der Waals surface area contributed by atoms with Crippen molar-refractivity contribution in [2.24, 2.45) is 17.6 Å². The Bertz CT molecular complexity index is 842. The van der Waals surface area contributed by atoms with Crippen molar-refractivity contribution >= 4 is 23.7 Å². The molecule has 34 heavy (non-hydrogen) atoms. The number of amides is 3. The number of carboxylic acids is 1. The molecule has 1 rings (SSSR count). The summed E-state index contributed by atoms with van der Waals surface area (Å²) in [7, 11) is 0. The van der Waals surface area contributed by atoms with Gasteiger partial charge in [0.25, 0.3) is 0 Å². The van der Waals surface area contributed by atoms with Gasteiger partial charge in [0.1, 0.15) is 23.9 Å². The Kier molecular flexibility index (Phi) is 11.5. The number of aliphatic hydroxyl groups excluding tert-OH is 1. The molecule has 0 spiro atoms. The molecular formula is C23H36N4O7. The molecule has 8 N–H and O–H groups in total. The van der Waals surface area contributed by atoms with E-state index in [4.69, 9.17) is 5.73 Å². The molecule has 0 aliphatic rings. The highest BCUT2D eigenvalue weighted by molar-refractivity contribution is 5.94. The van der Waals surface area contributed by atoms with Crippen LogP contribution >= 0.6 is 0 Å². The second-order valence-electron chi connectivity index (χ2n) is 8.98. The number of nitrogens with one attached hydrogen (secondary N) is 3. The normalized spacial score (nSPS) is 14.7. The molecule has 1 aromatic rings. The van der Waals surface area contributed by atoms with Gasteiger partial charge in [0.05, 0.1) is 12.6 Å². The molecule has 3 amide bonds. The predicted molar refractivity (Wildman–Crippen MR) is 125 cm³/mol. The molecule has 11 heteroatoms. The highest BCUT2D eigenvalue weighted by atomic mass is 16.4. The molecule has 0 bridgehead atoms. The van der Waals surface area contributed by atoms with E-state index in [1.807, 2.05) is 13.8 Å². The van der Waals surface area contributed by atoms with Gasteiger partial charge >= 0.3 is 5.97 Å². The van der Waals surface area contributed by atoms with Gasteiger partial charge < -0.3 is 37.0 Å². The Balaban J connectivity index is 3.02. The number of carboxylic acid groups (broad SMARTS) is 1. The lowest BCUT2D eigenvalue weighted by atomic mass is 10.0. The van der Waals surface area contributed by atoms with Crippen LogP contribution in [0.2, 0.25) is 0 Å². The maximum absolute atomic E-state index is 13.0. The van der Waals surface area contributed by atoms with Gasteiger partial charge in [-0.1, -0.05) is 39.8 Å². The fourth-order valence-corrected chi connectivity index (χ4v) is 3.20. The first-order valence-electron chi connectivity index (χ1n) is 11.1. The summed E-state index contributed by atoms with van der Waals surface area (Å²) in [5.74, 6) is -3.68. The smallest absolute Gasteiger partial charge is 0.326 e. The van der Waals surface area contributed by atoms with Gasteiger partial charge in [-0.25, -0.2) is 4.79 Å². The second-order valence-corrected chi connectivity index (χ2v) is 8.98. The highest BCUT2D eigenvalue weighted by Crippen LogP contribution is 2.12. The van der Waals surface area contributed by atoms with Crippen LogP contribution in [0.4, 0.5) is 0 Å². The maximum atomic E-state index is 13.0. The summed E-state index contributed by atoms with van der Waals surface area (Å²) < 4.78 is 0. The summed E-state index contributed by atoms with van der Waals surface area (Å²) in [4.78, 5) is 49.5. The Morgan fingerprint density at radius 1 is 0.882 bits per heavy atom. The zero-order chi connectivity index (χ0) is 26.0. The zero-order valence-corrected chi connectivity index (χ0v) is 19.9. The lowest BCUT2D eigenvalue weighted by Gasteiger charge is -2.25. The van der Waals surface area contributed by atoms with Crippen molar-refractivity contribution in [2.45, 2.75) is 64.7 Å². The van der Waals surface area contributed by atoms with Crippen LogP contribution in [0.3, 0.4) is 0 Å². The van der Waals surface area contributed by atoms with Crippen LogP contribution < -0.4 is 21.7 Å². The Morgan fingerprint density at radius 3 is 1.88 bits per heavy atom. The molecular weight excluding hydrogens is 444 g/mol. The minimum absolute atomic E-state index is 0.0236. The first kappa shape index (κ1) is 28.9. The summed E-state index contributed by atoms with van der Waals surface area (Å²) in [6, 6.07) is 1.37. The molecule has 0 fully saturated rings. The van der Waals surface area contributed by atoms with Crippen molar-refractivity contribution in [3.8, 4) is 5.75 Å². The number of rotatable bonds is 13. The minimum Gasteiger partial charge on any atom is -0.508 e. The van der Waals surface area contributed by atoms with Crippen molar-refractivity contribution < 1.29 is 34.5 Å². The van der Waals surface area contributed by atoms with E-state index < -0.39 is 60.4 Å². The Labute approximate surface area is 199 Å². The number of carbonyl (C=O) groups is 4. The third-order valence-corrected chi connectivity index (χ3v) is 5.12. The summed E-state index contributed by atoms with van der Waals surface area (Å²) in [6.07, 6.45) is 0.419. The quantitative estimate of drug-likeness (QED) is 0.196. The highest BCUT2D eigenvalue weighted by Gasteiger charge is 2.31. The number of phenolic OH excluding ortho intramolecular Hbond substituents is 1. The van der Waals surface area contributed by atoms with Crippen molar-refractivity contribution in [1.29, 1.82) is 0 Å². The van der Waals surface area contributed by atoms with E-state index in [0.717, 1.165) is 0 Å². The lowest BCUT2D eigenvalue weighted by molar-refractivity contribution is -0.143. The van der Waals surface area contributed by atoms with E-state index in [9.17, 15) is 34.5 Å². The van der Waals surface area contributed by atoms with E-state index in [-0.39, 0.29) is 18.1 Å². The van der Waals surface area contributed by atoms with Gasteiger partial charge in [-0.2, -0.15) is 0 Å². The van der Waals surface area contributed by atoms with Crippen LogP contribution in [-0.4, -0.2) is 69.8 Å². The van der Waals surface area contributed by atoms with Gasteiger partial charge in [-0.05, 0) is 36.0 Å². The monoisotopic (exact) mass is 480 g/mol. The molecule has 11 nitrogen and oxygen atoms in total. The standard InChI is InChI=1S/C23H36N4O7/c1-12(2)9-16(24)20(30)25-17(10-14-5-7-15(29)8-6-14)21(31)26-18(11-28)22(32)27-19(13(3)4)23(33)34/h5-8,12-13,16-19,28-29H,9-11,24H2,1-4H3,(H,25,30)(H,26,31)(H,27,32)(H,33,34). The van der Waals surface area contributed by atoms with Crippen LogP contribution in [0.1, 0.15) is 39.7 Å². The number of hydrogen-bond donors (Lipinski definition) is 7. The summed E-state index contributed by atoms with van der Waals surface area (Å²) >= 11 is 0. The molecule has 4 unspecified atom stereocenters. The largest absolute Gasteiger partial charge is 0.508 e. The van der Waals surface area contributed by atoms with Crippen LogP contribution in [-0.2, 0) is 25.6 Å². The number of benzene rings is 1. The van der Waals surface area contributed by atoms with Gasteiger partial charge in [0.2, 0.25) is 17.7 Å². The van der Waals surface area contributed by atoms with E-state index in [0.29, 0.717) is 12.0 Å². The van der Waals surface area contributed by atoms with Gasteiger partial charge in [-0.15, -0.1) is 0 Å². The molecule has 0 radical (unpaired) electrons. The van der Waals surface area contributed by atoms with Gasteiger partial charge in [-0.3, -0.25) is 14.4 Å². The second kappa shape index (κ2) is 13.5. The molecule has 190 valence electrons.